The molecule has 3 rings (SSSR count). The molecule has 0 bridgehead atoms. The fourth-order valence-electron chi connectivity index (χ4n) is 4.25. The van der Waals surface area contributed by atoms with Gasteiger partial charge >= 0.3 is 0 Å². The third-order valence-electron chi connectivity index (χ3n) is 6.10. The number of hydrogen-bond acceptors (Lipinski definition) is 3. The van der Waals surface area contributed by atoms with Crippen molar-refractivity contribution in [1.82, 2.24) is 9.97 Å². The first-order valence-corrected chi connectivity index (χ1v) is 10.7. The molecule has 0 amide bonds. The molecule has 1 aromatic carbocycles. The second-order valence-corrected chi connectivity index (χ2v) is 8.06. The van der Waals surface area contributed by atoms with Gasteiger partial charge in [0.1, 0.15) is 0 Å². The normalized spacial score (nSPS) is 19.8. The Morgan fingerprint density at radius 3 is 2.11 bits per heavy atom. The van der Waals surface area contributed by atoms with E-state index in [-0.39, 0.29) is 0 Å². The molecule has 1 heterocycles. The smallest absolute Gasteiger partial charge is 0.159 e. The lowest BCUT2D eigenvalue weighted by Crippen LogP contribution is -2.15. The highest BCUT2D eigenvalue weighted by Gasteiger charge is 2.20. The van der Waals surface area contributed by atoms with Crippen molar-refractivity contribution in [2.75, 3.05) is 7.11 Å². The van der Waals surface area contributed by atoms with Crippen LogP contribution in [0.3, 0.4) is 0 Å². The zero-order valence-corrected chi connectivity index (χ0v) is 17.0. The van der Waals surface area contributed by atoms with Gasteiger partial charge in [-0.2, -0.15) is 0 Å². The predicted molar refractivity (Wildman–Crippen MR) is 112 cm³/mol. The molecule has 1 aromatic heterocycles. The van der Waals surface area contributed by atoms with E-state index in [1.807, 2.05) is 0 Å². The van der Waals surface area contributed by atoms with E-state index in [1.54, 1.807) is 19.5 Å². The monoisotopic (exact) mass is 366 g/mol. The van der Waals surface area contributed by atoms with Crippen LogP contribution in [-0.4, -0.2) is 17.1 Å². The van der Waals surface area contributed by atoms with Gasteiger partial charge in [0.05, 0.1) is 19.5 Å². The van der Waals surface area contributed by atoms with Crippen LogP contribution in [0.25, 0.3) is 11.4 Å². The van der Waals surface area contributed by atoms with Crippen LogP contribution in [0.5, 0.6) is 5.75 Å². The molecule has 1 fully saturated rings. The quantitative estimate of drug-likeness (QED) is 0.477. The maximum Gasteiger partial charge on any atom is 0.159 e. The lowest BCUT2D eigenvalue weighted by Gasteiger charge is -2.28. The van der Waals surface area contributed by atoms with Crippen molar-refractivity contribution in [1.29, 1.82) is 0 Å². The lowest BCUT2D eigenvalue weighted by molar-refractivity contribution is 0.249. The topological polar surface area (TPSA) is 35.0 Å². The molecule has 27 heavy (non-hydrogen) atoms. The molecule has 0 N–H and O–H groups in total. The minimum Gasteiger partial charge on any atom is -0.494 e. The van der Waals surface area contributed by atoms with E-state index in [0.29, 0.717) is 5.75 Å². The summed E-state index contributed by atoms with van der Waals surface area (Å²) in [5, 5.41) is 0. The molecule has 1 aliphatic carbocycles. The van der Waals surface area contributed by atoms with Gasteiger partial charge in [0, 0.05) is 5.56 Å². The molecular formula is C24H34N2O. The summed E-state index contributed by atoms with van der Waals surface area (Å²) >= 11 is 0. The Kier molecular flexibility index (Phi) is 7.67. The van der Waals surface area contributed by atoms with Crippen LogP contribution in [0.1, 0.15) is 70.3 Å². The Labute approximate surface area is 164 Å². The Bertz CT molecular complexity index is 658. The summed E-state index contributed by atoms with van der Waals surface area (Å²) in [4.78, 5) is 8.73. The zero-order valence-electron chi connectivity index (χ0n) is 17.0. The Morgan fingerprint density at radius 2 is 1.52 bits per heavy atom. The molecular weight excluding hydrogens is 332 g/mol. The molecule has 0 atom stereocenters. The average molecular weight is 367 g/mol. The van der Waals surface area contributed by atoms with E-state index in [1.165, 1.54) is 69.8 Å². The number of rotatable bonds is 9. The maximum absolute atomic E-state index is 5.12. The molecule has 0 aliphatic heterocycles. The number of methoxy groups -OCH3 is 1. The van der Waals surface area contributed by atoms with Crippen molar-refractivity contribution in [2.45, 2.75) is 71.1 Å². The summed E-state index contributed by atoms with van der Waals surface area (Å²) in [6.45, 7) is 2.30. The van der Waals surface area contributed by atoms with Crippen LogP contribution >= 0.6 is 0 Å². The van der Waals surface area contributed by atoms with Gasteiger partial charge in [-0.25, -0.2) is 9.97 Å². The summed E-state index contributed by atoms with van der Waals surface area (Å²) in [5.74, 6) is 3.38. The maximum atomic E-state index is 5.12. The Balaban J connectivity index is 1.42. The van der Waals surface area contributed by atoms with Gasteiger partial charge in [-0.1, -0.05) is 82.6 Å². The van der Waals surface area contributed by atoms with E-state index < -0.39 is 0 Å². The third kappa shape index (κ3) is 6.05. The van der Waals surface area contributed by atoms with Crippen molar-refractivity contribution in [3.8, 4) is 17.1 Å². The van der Waals surface area contributed by atoms with Gasteiger partial charge in [-0.05, 0) is 30.2 Å². The number of ether oxygens (including phenoxy) is 1. The van der Waals surface area contributed by atoms with Gasteiger partial charge in [-0.3, -0.25) is 0 Å². The molecule has 3 nitrogen and oxygen atoms in total. The van der Waals surface area contributed by atoms with Crippen LogP contribution in [0.15, 0.2) is 36.7 Å². The fraction of sp³-hybridized carbons (Fsp3) is 0.583. The summed E-state index contributed by atoms with van der Waals surface area (Å²) in [7, 11) is 1.63. The lowest BCUT2D eigenvalue weighted by atomic mass is 9.78. The first-order chi connectivity index (χ1) is 13.3. The van der Waals surface area contributed by atoms with E-state index >= 15 is 0 Å². The van der Waals surface area contributed by atoms with Crippen molar-refractivity contribution in [2.24, 2.45) is 11.8 Å². The van der Waals surface area contributed by atoms with E-state index in [9.17, 15) is 0 Å². The van der Waals surface area contributed by atoms with Crippen LogP contribution in [0.2, 0.25) is 0 Å². The fourth-order valence-corrected chi connectivity index (χ4v) is 4.25. The number of aryl methyl sites for hydroxylation is 1. The van der Waals surface area contributed by atoms with Crippen molar-refractivity contribution >= 4 is 0 Å². The summed E-state index contributed by atoms with van der Waals surface area (Å²) in [6.07, 6.45) is 17.4. The highest BCUT2D eigenvalue weighted by Crippen LogP contribution is 2.34. The van der Waals surface area contributed by atoms with Crippen LogP contribution in [0.4, 0.5) is 0 Å². The minimum atomic E-state index is 0.690. The summed E-state index contributed by atoms with van der Waals surface area (Å²) in [6, 6.07) is 8.75. The number of aromatic nitrogens is 2. The Morgan fingerprint density at radius 1 is 0.889 bits per heavy atom. The highest BCUT2D eigenvalue weighted by molar-refractivity contribution is 5.55. The number of unbranched alkanes of at least 4 members (excludes halogenated alkanes) is 2. The standard InChI is InChI=1S/C24H34N2O/c1-3-4-5-6-19-7-9-20(10-8-19)11-12-21-13-15-22(16-14-21)24-25-17-23(27-2)18-26-24/h13-20H,3-12H2,1-2H3/t19-,20-. The van der Waals surface area contributed by atoms with Gasteiger partial charge in [0.2, 0.25) is 0 Å². The van der Waals surface area contributed by atoms with E-state index in [0.717, 1.165) is 23.2 Å². The van der Waals surface area contributed by atoms with Crippen LogP contribution in [-0.2, 0) is 6.42 Å². The largest absolute Gasteiger partial charge is 0.494 e. The molecule has 3 heteroatoms. The van der Waals surface area contributed by atoms with Gasteiger partial charge in [0.15, 0.2) is 11.6 Å². The SMILES string of the molecule is CCCCC[C@H]1CC[C@H](CCc2ccc(-c3ncc(OC)cn3)cc2)CC1. The first-order valence-electron chi connectivity index (χ1n) is 10.7. The molecule has 1 aliphatic rings. The van der Waals surface area contributed by atoms with Gasteiger partial charge in [-0.15, -0.1) is 0 Å². The molecule has 0 radical (unpaired) electrons. The first kappa shape index (κ1) is 19.9. The third-order valence-corrected chi connectivity index (χ3v) is 6.10. The molecule has 146 valence electrons. The minimum absolute atomic E-state index is 0.690. The zero-order chi connectivity index (χ0) is 18.9. The van der Waals surface area contributed by atoms with Crippen molar-refractivity contribution in [3.63, 3.8) is 0 Å². The second-order valence-electron chi connectivity index (χ2n) is 8.06. The van der Waals surface area contributed by atoms with Gasteiger partial charge < -0.3 is 4.74 Å². The van der Waals surface area contributed by atoms with Gasteiger partial charge in [0.25, 0.3) is 0 Å². The van der Waals surface area contributed by atoms with Crippen molar-refractivity contribution in [3.05, 3.63) is 42.2 Å². The molecule has 0 saturated heterocycles. The van der Waals surface area contributed by atoms with E-state index in [2.05, 4.69) is 41.2 Å². The number of hydrogen-bond donors (Lipinski definition) is 0. The van der Waals surface area contributed by atoms with Crippen LogP contribution in [0, 0.1) is 11.8 Å². The highest BCUT2D eigenvalue weighted by atomic mass is 16.5. The van der Waals surface area contributed by atoms with E-state index in [4.69, 9.17) is 4.74 Å². The Hall–Kier alpha value is -1.90. The molecule has 0 spiro atoms. The average Bonchev–Trinajstić information content (AvgIpc) is 2.74. The number of nitrogens with zero attached hydrogens (tertiary/aromatic N) is 2. The summed E-state index contributed by atoms with van der Waals surface area (Å²) < 4.78 is 5.12. The second kappa shape index (κ2) is 10.4. The molecule has 2 aromatic rings. The van der Waals surface area contributed by atoms with Crippen molar-refractivity contribution < 1.29 is 4.74 Å². The number of benzene rings is 1. The molecule has 1 saturated carbocycles. The summed E-state index contributed by atoms with van der Waals surface area (Å²) in [5.41, 5.74) is 2.49. The predicted octanol–water partition coefficient (Wildman–Crippen LogP) is 6.47. The molecule has 0 unspecified atom stereocenters. The van der Waals surface area contributed by atoms with Crippen LogP contribution < -0.4 is 4.74 Å².